The molecule has 1 rings (SSSR count). The quantitative estimate of drug-likeness (QED) is 0.875. The maximum absolute atomic E-state index is 13.6. The minimum Gasteiger partial charge on any atom is -0.379 e. The molecule has 0 heterocycles. The SMILES string of the molecule is COC(C)(C)CCC(N)c1cc(Cl)ccc1F. The molecule has 0 aliphatic rings. The van der Waals surface area contributed by atoms with Gasteiger partial charge in [0.1, 0.15) is 5.82 Å². The summed E-state index contributed by atoms with van der Waals surface area (Å²) < 4.78 is 18.9. The van der Waals surface area contributed by atoms with Crippen molar-refractivity contribution in [2.75, 3.05) is 7.11 Å². The van der Waals surface area contributed by atoms with Crippen molar-refractivity contribution in [3.63, 3.8) is 0 Å². The average molecular weight is 260 g/mol. The zero-order chi connectivity index (χ0) is 13.1. The van der Waals surface area contributed by atoms with Gasteiger partial charge in [0.2, 0.25) is 0 Å². The normalized spacial score (nSPS) is 13.8. The molecule has 0 spiro atoms. The first-order valence-corrected chi connectivity index (χ1v) is 5.99. The maximum Gasteiger partial charge on any atom is 0.128 e. The second kappa shape index (κ2) is 5.80. The van der Waals surface area contributed by atoms with Crippen molar-refractivity contribution in [2.45, 2.75) is 38.3 Å². The van der Waals surface area contributed by atoms with Gasteiger partial charge in [0.15, 0.2) is 0 Å². The molecule has 0 saturated heterocycles. The van der Waals surface area contributed by atoms with Crippen LogP contribution in [0.3, 0.4) is 0 Å². The number of halogens is 2. The fourth-order valence-electron chi connectivity index (χ4n) is 1.56. The van der Waals surface area contributed by atoms with Crippen LogP contribution >= 0.6 is 11.6 Å². The molecule has 1 unspecified atom stereocenters. The van der Waals surface area contributed by atoms with Gasteiger partial charge in [0.25, 0.3) is 0 Å². The third kappa shape index (κ3) is 4.26. The molecular weight excluding hydrogens is 241 g/mol. The summed E-state index contributed by atoms with van der Waals surface area (Å²) in [6.07, 6.45) is 1.41. The van der Waals surface area contributed by atoms with E-state index in [-0.39, 0.29) is 17.5 Å². The van der Waals surface area contributed by atoms with Crippen LogP contribution in [0.5, 0.6) is 0 Å². The first kappa shape index (κ1) is 14.4. The van der Waals surface area contributed by atoms with E-state index in [0.717, 1.165) is 6.42 Å². The number of benzene rings is 1. The van der Waals surface area contributed by atoms with E-state index in [0.29, 0.717) is 17.0 Å². The minimum absolute atomic E-state index is 0.243. The van der Waals surface area contributed by atoms with Crippen LogP contribution in [0, 0.1) is 5.82 Å². The van der Waals surface area contributed by atoms with Crippen LogP contribution in [-0.4, -0.2) is 12.7 Å². The smallest absolute Gasteiger partial charge is 0.128 e. The van der Waals surface area contributed by atoms with E-state index in [1.165, 1.54) is 12.1 Å². The Morgan fingerprint density at radius 3 is 2.71 bits per heavy atom. The molecule has 0 radical (unpaired) electrons. The van der Waals surface area contributed by atoms with Gasteiger partial charge in [-0.2, -0.15) is 0 Å². The van der Waals surface area contributed by atoms with Gasteiger partial charge in [-0.15, -0.1) is 0 Å². The summed E-state index contributed by atoms with van der Waals surface area (Å²) in [4.78, 5) is 0. The summed E-state index contributed by atoms with van der Waals surface area (Å²) in [5.74, 6) is -0.308. The van der Waals surface area contributed by atoms with Crippen LogP contribution in [0.15, 0.2) is 18.2 Å². The summed E-state index contributed by atoms with van der Waals surface area (Å²) >= 11 is 5.83. The Morgan fingerprint density at radius 1 is 1.47 bits per heavy atom. The molecule has 2 nitrogen and oxygen atoms in total. The highest BCUT2D eigenvalue weighted by molar-refractivity contribution is 6.30. The molecule has 0 aliphatic heterocycles. The van der Waals surface area contributed by atoms with E-state index in [2.05, 4.69) is 0 Å². The molecule has 17 heavy (non-hydrogen) atoms. The molecule has 1 atom stereocenters. The summed E-state index contributed by atoms with van der Waals surface area (Å²) in [7, 11) is 1.66. The van der Waals surface area contributed by atoms with E-state index >= 15 is 0 Å². The lowest BCUT2D eigenvalue weighted by Gasteiger charge is -2.24. The Morgan fingerprint density at radius 2 is 2.12 bits per heavy atom. The van der Waals surface area contributed by atoms with Crippen molar-refractivity contribution in [1.82, 2.24) is 0 Å². The third-order valence-corrected chi connectivity index (χ3v) is 3.20. The second-order valence-corrected chi connectivity index (χ2v) is 5.21. The summed E-state index contributed by atoms with van der Waals surface area (Å²) in [5.41, 5.74) is 6.19. The Hall–Kier alpha value is -0.640. The molecule has 0 amide bonds. The van der Waals surface area contributed by atoms with Crippen LogP contribution in [0.4, 0.5) is 4.39 Å². The molecule has 0 bridgehead atoms. The highest BCUT2D eigenvalue weighted by atomic mass is 35.5. The van der Waals surface area contributed by atoms with Gasteiger partial charge >= 0.3 is 0 Å². The van der Waals surface area contributed by atoms with Crippen LogP contribution in [-0.2, 0) is 4.74 Å². The average Bonchev–Trinajstić information content (AvgIpc) is 2.29. The van der Waals surface area contributed by atoms with Gasteiger partial charge in [-0.05, 0) is 44.9 Å². The second-order valence-electron chi connectivity index (χ2n) is 4.77. The minimum atomic E-state index is -0.358. The summed E-state index contributed by atoms with van der Waals surface area (Å²) in [5, 5.41) is 0.503. The fourth-order valence-corrected chi connectivity index (χ4v) is 1.74. The fraction of sp³-hybridized carbons (Fsp3) is 0.538. The molecular formula is C13H19ClFNO. The Bertz CT molecular complexity index is 382. The number of rotatable bonds is 5. The highest BCUT2D eigenvalue weighted by Crippen LogP contribution is 2.26. The number of nitrogens with two attached hydrogens (primary N) is 1. The predicted molar refractivity (Wildman–Crippen MR) is 68.7 cm³/mol. The number of methoxy groups -OCH3 is 1. The number of hydrogen-bond acceptors (Lipinski definition) is 2. The van der Waals surface area contributed by atoms with Crippen molar-refractivity contribution in [2.24, 2.45) is 5.73 Å². The standard InChI is InChI=1S/C13H19ClFNO/c1-13(2,17-3)7-6-12(16)10-8-9(14)4-5-11(10)15/h4-5,8,12H,6-7,16H2,1-3H3. The van der Waals surface area contributed by atoms with Crippen molar-refractivity contribution in [3.05, 3.63) is 34.6 Å². The van der Waals surface area contributed by atoms with Gasteiger partial charge in [-0.25, -0.2) is 4.39 Å². The van der Waals surface area contributed by atoms with E-state index in [1.807, 2.05) is 13.8 Å². The topological polar surface area (TPSA) is 35.2 Å². The molecule has 0 saturated carbocycles. The first-order chi connectivity index (χ1) is 7.85. The molecule has 1 aromatic rings. The van der Waals surface area contributed by atoms with Crippen molar-refractivity contribution in [3.8, 4) is 0 Å². The van der Waals surface area contributed by atoms with Crippen molar-refractivity contribution >= 4 is 11.6 Å². The van der Waals surface area contributed by atoms with Crippen molar-refractivity contribution < 1.29 is 9.13 Å². The molecule has 0 fully saturated rings. The van der Waals surface area contributed by atoms with Gasteiger partial charge in [0.05, 0.1) is 5.60 Å². The first-order valence-electron chi connectivity index (χ1n) is 5.61. The zero-order valence-electron chi connectivity index (χ0n) is 10.5. The monoisotopic (exact) mass is 259 g/mol. The summed E-state index contributed by atoms with van der Waals surface area (Å²) in [6.45, 7) is 3.96. The van der Waals surface area contributed by atoms with E-state index in [4.69, 9.17) is 22.1 Å². The molecule has 96 valence electrons. The molecule has 2 N–H and O–H groups in total. The lowest BCUT2D eigenvalue weighted by Crippen LogP contribution is -2.25. The Labute approximate surface area is 107 Å². The van der Waals surface area contributed by atoms with Gasteiger partial charge in [0, 0.05) is 23.7 Å². The Balaban J connectivity index is 2.70. The van der Waals surface area contributed by atoms with Crippen molar-refractivity contribution in [1.29, 1.82) is 0 Å². The molecule has 0 aliphatic carbocycles. The van der Waals surface area contributed by atoms with E-state index in [1.54, 1.807) is 13.2 Å². The maximum atomic E-state index is 13.6. The van der Waals surface area contributed by atoms with Crippen LogP contribution in [0.1, 0.15) is 38.3 Å². The van der Waals surface area contributed by atoms with Crippen LogP contribution < -0.4 is 5.73 Å². The number of ether oxygens (including phenoxy) is 1. The van der Waals surface area contributed by atoms with E-state index in [9.17, 15) is 4.39 Å². The largest absolute Gasteiger partial charge is 0.379 e. The lowest BCUT2D eigenvalue weighted by molar-refractivity contribution is 0.0124. The zero-order valence-corrected chi connectivity index (χ0v) is 11.2. The van der Waals surface area contributed by atoms with Crippen LogP contribution in [0.2, 0.25) is 5.02 Å². The molecule has 1 aromatic carbocycles. The Kier molecular flexibility index (Phi) is 4.92. The third-order valence-electron chi connectivity index (χ3n) is 2.97. The number of hydrogen-bond donors (Lipinski definition) is 1. The van der Waals surface area contributed by atoms with Gasteiger partial charge < -0.3 is 10.5 Å². The molecule has 4 heteroatoms. The highest BCUT2D eigenvalue weighted by Gasteiger charge is 2.20. The lowest BCUT2D eigenvalue weighted by atomic mass is 9.95. The van der Waals surface area contributed by atoms with Crippen LogP contribution in [0.25, 0.3) is 0 Å². The van der Waals surface area contributed by atoms with Gasteiger partial charge in [-0.1, -0.05) is 11.6 Å². The summed E-state index contributed by atoms with van der Waals surface area (Å²) in [6, 6.07) is 4.09. The van der Waals surface area contributed by atoms with Gasteiger partial charge in [-0.3, -0.25) is 0 Å². The molecule has 0 aromatic heterocycles. The van der Waals surface area contributed by atoms with E-state index < -0.39 is 0 Å². The predicted octanol–water partition coefficient (Wildman–Crippen LogP) is 3.68.